The normalized spacial score (nSPS) is 10.2. The van der Waals surface area contributed by atoms with Gasteiger partial charge in [-0.05, 0) is 30.3 Å². The van der Waals surface area contributed by atoms with Crippen LogP contribution in [0.2, 0.25) is 5.02 Å². The monoisotopic (exact) mass is 364 g/mol. The van der Waals surface area contributed by atoms with Crippen molar-refractivity contribution in [2.24, 2.45) is 0 Å². The van der Waals surface area contributed by atoms with Crippen molar-refractivity contribution < 1.29 is 19.2 Å². The first kappa shape index (κ1) is 18.5. The minimum Gasteiger partial charge on any atom is -0.492 e. The number of hydrogen-bond acceptors (Lipinski definition) is 5. The third kappa shape index (κ3) is 5.96. The first-order valence-corrected chi connectivity index (χ1v) is 7.83. The van der Waals surface area contributed by atoms with E-state index in [0.29, 0.717) is 29.7 Å². The van der Waals surface area contributed by atoms with Crippen molar-refractivity contribution in [2.45, 2.75) is 0 Å². The van der Waals surface area contributed by atoms with Gasteiger partial charge in [-0.25, -0.2) is 0 Å². The van der Waals surface area contributed by atoms with E-state index in [9.17, 15) is 14.9 Å². The Labute approximate surface area is 149 Å². The van der Waals surface area contributed by atoms with Gasteiger partial charge in [-0.1, -0.05) is 17.7 Å². The first-order chi connectivity index (χ1) is 12.0. The number of hydrogen-bond donors (Lipinski definition) is 0. The summed E-state index contributed by atoms with van der Waals surface area (Å²) in [7, 11) is 1.64. The molecular formula is C17H17ClN2O5. The molecular weight excluding hydrogens is 348 g/mol. The molecule has 0 aliphatic heterocycles. The quantitative estimate of drug-likeness (QED) is 0.530. The number of carbonyl (C=O) groups is 1. The average molecular weight is 365 g/mol. The number of nitro groups is 1. The maximum absolute atomic E-state index is 12.0. The lowest BCUT2D eigenvalue weighted by Crippen LogP contribution is -2.34. The summed E-state index contributed by atoms with van der Waals surface area (Å²) in [5.41, 5.74) is -0.0334. The summed E-state index contributed by atoms with van der Waals surface area (Å²) < 4.78 is 10.9. The molecule has 0 aromatic heterocycles. The molecule has 0 radical (unpaired) electrons. The van der Waals surface area contributed by atoms with Crippen LogP contribution in [-0.2, 0) is 4.79 Å². The van der Waals surface area contributed by atoms with Gasteiger partial charge in [0.2, 0.25) is 0 Å². The summed E-state index contributed by atoms with van der Waals surface area (Å²) in [6, 6.07) is 12.6. The lowest BCUT2D eigenvalue weighted by Gasteiger charge is -2.17. The van der Waals surface area contributed by atoms with E-state index in [1.54, 1.807) is 31.3 Å². The number of rotatable bonds is 8. The van der Waals surface area contributed by atoms with E-state index in [4.69, 9.17) is 21.1 Å². The zero-order valence-corrected chi connectivity index (χ0v) is 14.3. The van der Waals surface area contributed by atoms with Gasteiger partial charge in [-0.2, -0.15) is 0 Å². The molecule has 0 saturated heterocycles. The number of amides is 1. The summed E-state index contributed by atoms with van der Waals surface area (Å²) >= 11 is 5.86. The third-order valence-corrected chi connectivity index (χ3v) is 3.56. The number of nitro benzene ring substituents is 1. The Morgan fingerprint density at radius 2 is 1.88 bits per heavy atom. The molecule has 132 valence electrons. The second kappa shape index (κ2) is 8.89. The van der Waals surface area contributed by atoms with E-state index in [0.717, 1.165) is 0 Å². The van der Waals surface area contributed by atoms with E-state index >= 15 is 0 Å². The molecule has 0 N–H and O–H groups in total. The zero-order valence-electron chi connectivity index (χ0n) is 13.6. The number of carbonyl (C=O) groups excluding carboxylic acids is 1. The zero-order chi connectivity index (χ0) is 18.2. The van der Waals surface area contributed by atoms with E-state index in [1.165, 1.54) is 29.2 Å². The summed E-state index contributed by atoms with van der Waals surface area (Å²) in [6.07, 6.45) is 0. The van der Waals surface area contributed by atoms with Gasteiger partial charge < -0.3 is 14.4 Å². The van der Waals surface area contributed by atoms with Crippen LogP contribution in [0.3, 0.4) is 0 Å². The van der Waals surface area contributed by atoms with Gasteiger partial charge in [0.1, 0.15) is 18.1 Å². The molecule has 0 bridgehead atoms. The Hall–Kier alpha value is -2.80. The second-order valence-electron chi connectivity index (χ2n) is 5.16. The van der Waals surface area contributed by atoms with Crippen LogP contribution in [-0.4, -0.2) is 42.5 Å². The van der Waals surface area contributed by atoms with Crippen LogP contribution in [0.1, 0.15) is 0 Å². The number of ether oxygens (including phenoxy) is 2. The molecule has 0 spiro atoms. The van der Waals surface area contributed by atoms with Crippen LogP contribution < -0.4 is 9.47 Å². The van der Waals surface area contributed by atoms with E-state index in [1.807, 2.05) is 0 Å². The highest BCUT2D eigenvalue weighted by Crippen LogP contribution is 2.18. The molecule has 25 heavy (non-hydrogen) atoms. The molecule has 0 fully saturated rings. The SMILES string of the molecule is CN(CCOc1cccc(Cl)c1)C(=O)COc1ccc([N+](=O)[O-])cc1. The molecule has 2 rings (SSSR count). The van der Waals surface area contributed by atoms with Crippen molar-refractivity contribution >= 4 is 23.2 Å². The Bertz CT molecular complexity index is 736. The third-order valence-electron chi connectivity index (χ3n) is 3.33. The van der Waals surface area contributed by atoms with E-state index in [2.05, 4.69) is 0 Å². The summed E-state index contributed by atoms with van der Waals surface area (Å²) in [4.78, 5) is 23.6. The molecule has 2 aromatic rings. The molecule has 0 atom stereocenters. The van der Waals surface area contributed by atoms with Gasteiger partial charge >= 0.3 is 0 Å². The summed E-state index contributed by atoms with van der Waals surface area (Å²) in [6.45, 7) is 0.542. The van der Waals surface area contributed by atoms with Crippen LogP contribution >= 0.6 is 11.6 Å². The topological polar surface area (TPSA) is 81.9 Å². The number of halogens is 1. The highest BCUT2D eigenvalue weighted by molar-refractivity contribution is 6.30. The fourth-order valence-corrected chi connectivity index (χ4v) is 2.08. The molecule has 0 saturated carbocycles. The Morgan fingerprint density at radius 1 is 1.16 bits per heavy atom. The molecule has 0 aliphatic rings. The molecule has 0 heterocycles. The molecule has 7 nitrogen and oxygen atoms in total. The lowest BCUT2D eigenvalue weighted by molar-refractivity contribution is -0.384. The average Bonchev–Trinajstić information content (AvgIpc) is 2.60. The van der Waals surface area contributed by atoms with Gasteiger partial charge in [0.05, 0.1) is 11.5 Å². The Morgan fingerprint density at radius 3 is 2.52 bits per heavy atom. The standard InChI is InChI=1S/C17H17ClN2O5/c1-19(9-10-24-16-4-2-3-13(18)11-16)17(21)12-25-15-7-5-14(6-8-15)20(22)23/h2-8,11H,9-10,12H2,1H3. The summed E-state index contributed by atoms with van der Waals surface area (Å²) in [5.74, 6) is 0.797. The summed E-state index contributed by atoms with van der Waals surface area (Å²) in [5, 5.41) is 11.2. The number of nitrogens with zero attached hydrogens (tertiary/aromatic N) is 2. The van der Waals surface area contributed by atoms with Crippen molar-refractivity contribution in [3.63, 3.8) is 0 Å². The largest absolute Gasteiger partial charge is 0.492 e. The van der Waals surface area contributed by atoms with Crippen molar-refractivity contribution in [3.05, 3.63) is 63.7 Å². The fourth-order valence-electron chi connectivity index (χ4n) is 1.90. The Kier molecular flexibility index (Phi) is 6.59. The van der Waals surface area contributed by atoms with Gasteiger partial charge in [0.25, 0.3) is 11.6 Å². The van der Waals surface area contributed by atoms with E-state index in [-0.39, 0.29) is 18.2 Å². The number of non-ortho nitro benzene ring substituents is 1. The molecule has 0 aliphatic carbocycles. The minimum absolute atomic E-state index is 0.0334. The van der Waals surface area contributed by atoms with Crippen molar-refractivity contribution in [1.29, 1.82) is 0 Å². The van der Waals surface area contributed by atoms with Gasteiger partial charge in [-0.15, -0.1) is 0 Å². The molecule has 0 unspecified atom stereocenters. The van der Waals surface area contributed by atoms with E-state index < -0.39 is 4.92 Å². The second-order valence-corrected chi connectivity index (χ2v) is 5.60. The predicted molar refractivity (Wildman–Crippen MR) is 93.2 cm³/mol. The minimum atomic E-state index is -0.497. The molecule has 2 aromatic carbocycles. The maximum atomic E-state index is 12.0. The van der Waals surface area contributed by atoms with Crippen LogP contribution in [0.15, 0.2) is 48.5 Å². The van der Waals surface area contributed by atoms with Gasteiger partial charge in [-0.3, -0.25) is 14.9 Å². The van der Waals surface area contributed by atoms with Crippen LogP contribution in [0, 0.1) is 10.1 Å². The number of likely N-dealkylation sites (N-methyl/N-ethyl adjacent to an activating group) is 1. The predicted octanol–water partition coefficient (Wildman–Crippen LogP) is 3.16. The van der Waals surface area contributed by atoms with Crippen molar-refractivity contribution in [2.75, 3.05) is 26.8 Å². The van der Waals surface area contributed by atoms with Crippen LogP contribution in [0.25, 0.3) is 0 Å². The maximum Gasteiger partial charge on any atom is 0.269 e. The van der Waals surface area contributed by atoms with Gasteiger partial charge in [0, 0.05) is 24.2 Å². The molecule has 8 heteroatoms. The smallest absolute Gasteiger partial charge is 0.269 e. The highest BCUT2D eigenvalue weighted by atomic mass is 35.5. The highest BCUT2D eigenvalue weighted by Gasteiger charge is 2.11. The lowest BCUT2D eigenvalue weighted by atomic mass is 10.3. The fraction of sp³-hybridized carbons (Fsp3) is 0.235. The van der Waals surface area contributed by atoms with Crippen LogP contribution in [0.4, 0.5) is 5.69 Å². The van der Waals surface area contributed by atoms with Crippen LogP contribution in [0.5, 0.6) is 11.5 Å². The van der Waals surface area contributed by atoms with Crippen molar-refractivity contribution in [1.82, 2.24) is 4.90 Å². The van der Waals surface area contributed by atoms with Gasteiger partial charge in [0.15, 0.2) is 6.61 Å². The Balaban J connectivity index is 1.73. The molecule has 1 amide bonds. The number of benzene rings is 2. The van der Waals surface area contributed by atoms with Crippen molar-refractivity contribution in [3.8, 4) is 11.5 Å². The first-order valence-electron chi connectivity index (χ1n) is 7.45.